The van der Waals surface area contributed by atoms with Crippen molar-refractivity contribution in [3.05, 3.63) is 94.3 Å². The number of ether oxygens (including phenoxy) is 2. The number of carbonyl (C=O) groups is 2. The Morgan fingerprint density at radius 2 is 1.69 bits per heavy atom. The molecule has 1 fully saturated rings. The number of aryl methyl sites for hydroxylation is 2. The summed E-state index contributed by atoms with van der Waals surface area (Å²) in [7, 11) is 0. The molecule has 1 aliphatic rings. The molecule has 1 atom stereocenters. The van der Waals surface area contributed by atoms with E-state index in [2.05, 4.69) is 4.98 Å². The highest BCUT2D eigenvalue weighted by molar-refractivity contribution is 6.46. The number of rotatable bonds is 8. The molecule has 1 saturated heterocycles. The molecule has 36 heavy (non-hydrogen) atoms. The molecule has 1 aromatic heterocycles. The van der Waals surface area contributed by atoms with Gasteiger partial charge in [0.15, 0.2) is 0 Å². The van der Waals surface area contributed by atoms with E-state index in [0.717, 1.165) is 16.7 Å². The molecule has 2 heterocycles. The number of ketones is 1. The zero-order valence-corrected chi connectivity index (χ0v) is 20.9. The number of benzene rings is 2. The Labute approximate surface area is 211 Å². The third kappa shape index (κ3) is 4.82. The molecular weight excluding hydrogens is 456 g/mol. The predicted molar refractivity (Wildman–Crippen MR) is 137 cm³/mol. The molecule has 1 aliphatic heterocycles. The first kappa shape index (κ1) is 25.0. The van der Waals surface area contributed by atoms with E-state index in [1.54, 1.807) is 42.7 Å². The molecule has 4 rings (SSSR count). The van der Waals surface area contributed by atoms with Crippen molar-refractivity contribution in [3.63, 3.8) is 0 Å². The Morgan fingerprint density at radius 3 is 2.39 bits per heavy atom. The number of nitrogens with zero attached hydrogens (tertiary/aromatic N) is 2. The molecule has 0 spiro atoms. The molecule has 7 heteroatoms. The number of Topliss-reactive ketones (excluding diaryl/α,β-unsaturated/α-hetero) is 1. The number of amides is 1. The zero-order chi connectivity index (χ0) is 25.8. The van der Waals surface area contributed by atoms with Crippen LogP contribution in [0.2, 0.25) is 0 Å². The first-order chi connectivity index (χ1) is 17.3. The van der Waals surface area contributed by atoms with Crippen LogP contribution in [0.5, 0.6) is 11.5 Å². The Hall–Kier alpha value is -4.13. The first-order valence-corrected chi connectivity index (χ1v) is 12.0. The predicted octanol–water partition coefficient (Wildman–Crippen LogP) is 5.12. The maximum atomic E-state index is 13.4. The molecule has 1 N–H and O–H groups in total. The summed E-state index contributed by atoms with van der Waals surface area (Å²) in [6.45, 7) is 8.72. The van der Waals surface area contributed by atoms with Crippen LogP contribution in [0.4, 0.5) is 0 Å². The van der Waals surface area contributed by atoms with Crippen molar-refractivity contribution in [2.75, 3.05) is 13.2 Å². The van der Waals surface area contributed by atoms with Crippen LogP contribution in [0.1, 0.15) is 47.7 Å². The van der Waals surface area contributed by atoms with Crippen LogP contribution in [-0.2, 0) is 16.1 Å². The minimum Gasteiger partial charge on any atom is -0.507 e. The number of carbonyl (C=O) groups excluding carboxylic acids is 2. The Morgan fingerprint density at radius 1 is 0.972 bits per heavy atom. The molecule has 3 aromatic rings. The molecule has 0 aliphatic carbocycles. The summed E-state index contributed by atoms with van der Waals surface area (Å²) < 4.78 is 11.3. The lowest BCUT2D eigenvalue weighted by molar-refractivity contribution is -0.140. The van der Waals surface area contributed by atoms with Gasteiger partial charge in [-0.15, -0.1) is 0 Å². The summed E-state index contributed by atoms with van der Waals surface area (Å²) in [4.78, 5) is 32.4. The average Bonchev–Trinajstić information content (AvgIpc) is 3.12. The van der Waals surface area contributed by atoms with Crippen molar-refractivity contribution in [3.8, 4) is 11.5 Å². The van der Waals surface area contributed by atoms with Crippen LogP contribution >= 0.6 is 0 Å². The van der Waals surface area contributed by atoms with Crippen molar-refractivity contribution < 1.29 is 24.2 Å². The van der Waals surface area contributed by atoms with Crippen molar-refractivity contribution in [2.24, 2.45) is 0 Å². The highest BCUT2D eigenvalue weighted by Crippen LogP contribution is 2.42. The second-order valence-electron chi connectivity index (χ2n) is 8.66. The van der Waals surface area contributed by atoms with Gasteiger partial charge in [-0.25, -0.2) is 0 Å². The summed E-state index contributed by atoms with van der Waals surface area (Å²) in [6, 6.07) is 13.8. The summed E-state index contributed by atoms with van der Waals surface area (Å²) in [5, 5.41) is 11.5. The highest BCUT2D eigenvalue weighted by Gasteiger charge is 2.46. The van der Waals surface area contributed by atoms with E-state index in [-0.39, 0.29) is 17.9 Å². The monoisotopic (exact) mass is 486 g/mol. The van der Waals surface area contributed by atoms with Crippen molar-refractivity contribution in [2.45, 2.75) is 40.3 Å². The largest absolute Gasteiger partial charge is 0.507 e. The smallest absolute Gasteiger partial charge is 0.295 e. The zero-order valence-electron chi connectivity index (χ0n) is 20.9. The van der Waals surface area contributed by atoms with Crippen molar-refractivity contribution >= 4 is 17.4 Å². The van der Waals surface area contributed by atoms with Gasteiger partial charge < -0.3 is 19.5 Å². The minimum atomic E-state index is -0.783. The van der Waals surface area contributed by atoms with Gasteiger partial charge in [0.25, 0.3) is 11.7 Å². The molecule has 1 amide bonds. The van der Waals surface area contributed by atoms with E-state index in [0.29, 0.717) is 35.8 Å². The number of hydrogen-bond acceptors (Lipinski definition) is 6. The third-order valence-electron chi connectivity index (χ3n) is 6.23. The van der Waals surface area contributed by atoms with Crippen molar-refractivity contribution in [1.29, 1.82) is 0 Å². The fourth-order valence-corrected chi connectivity index (χ4v) is 4.46. The molecular formula is C29H30N2O5. The van der Waals surface area contributed by atoms with Gasteiger partial charge in [0.2, 0.25) is 0 Å². The number of aliphatic hydroxyl groups is 1. The fourth-order valence-electron chi connectivity index (χ4n) is 4.46. The average molecular weight is 487 g/mol. The summed E-state index contributed by atoms with van der Waals surface area (Å²) in [5.74, 6) is -0.738. The summed E-state index contributed by atoms with van der Waals surface area (Å²) in [5.41, 5.74) is 4.03. The topological polar surface area (TPSA) is 89.0 Å². The standard InChI is InChI=1S/C29H30N2O5/c1-5-35-22-9-10-23(24(16-22)36-6-2)27(32)25-26(20-11-13-30-14-12-20)31(29(34)28(25)33)17-21-15-18(3)7-8-19(21)4/h7-16,26,32H,5-6,17H2,1-4H3/b27-25-. The Kier molecular flexibility index (Phi) is 7.38. The molecule has 186 valence electrons. The Balaban J connectivity index is 1.87. The summed E-state index contributed by atoms with van der Waals surface area (Å²) >= 11 is 0. The molecule has 0 bridgehead atoms. The van der Waals surface area contributed by atoms with E-state index >= 15 is 0 Å². The third-order valence-corrected chi connectivity index (χ3v) is 6.23. The van der Waals surface area contributed by atoms with E-state index in [1.165, 1.54) is 4.90 Å². The van der Waals surface area contributed by atoms with Gasteiger partial charge in [0.1, 0.15) is 17.3 Å². The van der Waals surface area contributed by atoms with Crippen molar-refractivity contribution in [1.82, 2.24) is 9.88 Å². The number of likely N-dealkylation sites (tertiary alicyclic amines) is 1. The first-order valence-electron chi connectivity index (χ1n) is 12.0. The number of hydrogen-bond donors (Lipinski definition) is 1. The van der Waals surface area contributed by atoms with Crippen LogP contribution in [0.25, 0.3) is 5.76 Å². The van der Waals surface area contributed by atoms with Crippen LogP contribution in [0.15, 0.2) is 66.5 Å². The molecule has 1 unspecified atom stereocenters. The Bertz CT molecular complexity index is 1320. The number of pyridine rings is 1. The minimum absolute atomic E-state index is 0.0154. The van der Waals surface area contributed by atoms with Crippen LogP contribution in [0.3, 0.4) is 0 Å². The van der Waals surface area contributed by atoms with E-state index in [9.17, 15) is 14.7 Å². The number of aliphatic hydroxyl groups excluding tert-OH is 1. The fraction of sp³-hybridized carbons (Fsp3) is 0.276. The maximum Gasteiger partial charge on any atom is 0.295 e. The van der Waals surface area contributed by atoms with E-state index < -0.39 is 17.7 Å². The molecule has 7 nitrogen and oxygen atoms in total. The van der Waals surface area contributed by atoms with Gasteiger partial charge in [-0.1, -0.05) is 23.8 Å². The highest BCUT2D eigenvalue weighted by atomic mass is 16.5. The van der Waals surface area contributed by atoms with Crippen LogP contribution < -0.4 is 9.47 Å². The van der Waals surface area contributed by atoms with E-state index in [4.69, 9.17) is 9.47 Å². The number of aromatic nitrogens is 1. The second-order valence-corrected chi connectivity index (χ2v) is 8.66. The van der Waals surface area contributed by atoms with Gasteiger partial charge in [-0.05, 0) is 68.7 Å². The van der Waals surface area contributed by atoms with Gasteiger partial charge in [-0.3, -0.25) is 14.6 Å². The normalized spacial score (nSPS) is 16.9. The SMILES string of the molecule is CCOc1ccc(/C(O)=C2/C(=O)C(=O)N(Cc3cc(C)ccc3C)C2c2ccncc2)c(OCC)c1. The van der Waals surface area contributed by atoms with Gasteiger partial charge >= 0.3 is 0 Å². The van der Waals surface area contributed by atoms with E-state index in [1.807, 2.05) is 45.9 Å². The maximum absolute atomic E-state index is 13.4. The lowest BCUT2D eigenvalue weighted by Crippen LogP contribution is -2.29. The van der Waals surface area contributed by atoms with Gasteiger partial charge in [0, 0.05) is 25.0 Å². The molecule has 0 saturated carbocycles. The lowest BCUT2D eigenvalue weighted by atomic mass is 9.95. The van der Waals surface area contributed by atoms with Crippen LogP contribution in [0, 0.1) is 13.8 Å². The summed E-state index contributed by atoms with van der Waals surface area (Å²) in [6.07, 6.45) is 3.21. The molecule has 2 aromatic carbocycles. The van der Waals surface area contributed by atoms with Gasteiger partial charge in [-0.2, -0.15) is 0 Å². The second kappa shape index (κ2) is 10.6. The van der Waals surface area contributed by atoms with Crippen LogP contribution in [-0.4, -0.2) is 39.9 Å². The quantitative estimate of drug-likeness (QED) is 0.270. The lowest BCUT2D eigenvalue weighted by Gasteiger charge is -2.26. The molecule has 0 radical (unpaired) electrons. The van der Waals surface area contributed by atoms with Gasteiger partial charge in [0.05, 0.1) is 30.4 Å².